The first kappa shape index (κ1) is 22.7. The number of fused-ring (bicyclic) bond motifs is 7. The van der Waals surface area contributed by atoms with Crippen LogP contribution >= 0.6 is 0 Å². The molecule has 0 aromatic heterocycles. The Kier molecular flexibility index (Phi) is 5.12. The van der Waals surface area contributed by atoms with Gasteiger partial charge in [-0.3, -0.25) is 4.79 Å². The van der Waals surface area contributed by atoms with Crippen molar-refractivity contribution >= 4 is 11.7 Å². The van der Waals surface area contributed by atoms with Gasteiger partial charge >= 0.3 is 5.97 Å². The molecule has 5 aliphatic rings. The van der Waals surface area contributed by atoms with Gasteiger partial charge in [0.1, 0.15) is 0 Å². The van der Waals surface area contributed by atoms with Crippen molar-refractivity contribution < 1.29 is 15.1 Å². The lowest BCUT2D eigenvalue weighted by molar-refractivity contribution is -0.201. The summed E-state index contributed by atoms with van der Waals surface area (Å²) in [6.45, 7) is 12.2. The van der Waals surface area contributed by atoms with Gasteiger partial charge in [-0.2, -0.15) is 0 Å². The quantitative estimate of drug-likeness (QED) is 0.274. The monoisotopic (exact) mass is 443 g/mol. The normalized spacial score (nSPS) is 52.3. The molecule has 0 spiro atoms. The van der Waals surface area contributed by atoms with Crippen molar-refractivity contribution in [3.05, 3.63) is 0 Å². The number of hydrogen-bond acceptors (Lipinski definition) is 3. The van der Waals surface area contributed by atoms with Crippen LogP contribution in [0.4, 0.5) is 0 Å². The van der Waals surface area contributed by atoms with Crippen LogP contribution in [0.25, 0.3) is 0 Å². The van der Waals surface area contributed by atoms with Crippen LogP contribution in [0.3, 0.4) is 0 Å². The highest BCUT2D eigenvalue weighted by molar-refractivity contribution is 5.87. The highest BCUT2D eigenvalue weighted by Crippen LogP contribution is 2.73. The van der Waals surface area contributed by atoms with Crippen LogP contribution < -0.4 is 0 Å². The minimum atomic E-state index is -0.602. The summed E-state index contributed by atoms with van der Waals surface area (Å²) < 4.78 is 0. The molecular weight excluding hydrogens is 398 g/mol. The van der Waals surface area contributed by atoms with Crippen molar-refractivity contribution in [2.75, 3.05) is 0 Å². The third kappa shape index (κ3) is 2.79. The van der Waals surface area contributed by atoms with E-state index in [0.29, 0.717) is 28.1 Å². The summed E-state index contributed by atoms with van der Waals surface area (Å²) in [7, 11) is 0. The lowest BCUT2D eigenvalue weighted by Crippen LogP contribution is -2.62. The van der Waals surface area contributed by atoms with Gasteiger partial charge < -0.3 is 10.3 Å². The van der Waals surface area contributed by atoms with Crippen LogP contribution in [0.15, 0.2) is 5.16 Å². The van der Waals surface area contributed by atoms with E-state index < -0.39 is 11.4 Å². The Morgan fingerprint density at radius 3 is 2.25 bits per heavy atom. The molecule has 0 aromatic rings. The van der Waals surface area contributed by atoms with Gasteiger partial charge in [0.15, 0.2) is 0 Å². The summed E-state index contributed by atoms with van der Waals surface area (Å²) in [5.41, 5.74) is 1.36. The first-order valence-corrected chi connectivity index (χ1v) is 13.4. The largest absolute Gasteiger partial charge is 0.481 e. The molecule has 0 aromatic carbocycles. The number of carboxylic acid groups (broad SMARTS) is 1. The van der Waals surface area contributed by atoms with E-state index >= 15 is 0 Å². The van der Waals surface area contributed by atoms with E-state index in [1.54, 1.807) is 0 Å². The topological polar surface area (TPSA) is 69.9 Å². The summed E-state index contributed by atoms with van der Waals surface area (Å²) >= 11 is 0. The Morgan fingerprint density at radius 1 is 0.844 bits per heavy atom. The third-order valence-corrected chi connectivity index (χ3v) is 12.4. The van der Waals surface area contributed by atoms with Crippen molar-refractivity contribution in [3.8, 4) is 0 Å². The van der Waals surface area contributed by atoms with Gasteiger partial charge in [0.25, 0.3) is 0 Å². The fourth-order valence-corrected chi connectivity index (χ4v) is 11.3. The number of carboxylic acids is 1. The smallest absolute Gasteiger partial charge is 0.309 e. The molecule has 180 valence electrons. The molecule has 0 heterocycles. The summed E-state index contributed by atoms with van der Waals surface area (Å²) in [4.78, 5) is 12.7. The molecular formula is C28H45NO3. The molecule has 9 atom stereocenters. The fourth-order valence-electron chi connectivity index (χ4n) is 11.3. The molecule has 4 heteroatoms. The van der Waals surface area contributed by atoms with E-state index in [9.17, 15) is 15.1 Å². The van der Waals surface area contributed by atoms with E-state index in [-0.39, 0.29) is 11.8 Å². The van der Waals surface area contributed by atoms with Gasteiger partial charge in [-0.25, -0.2) is 0 Å². The van der Waals surface area contributed by atoms with Gasteiger partial charge in [0, 0.05) is 5.92 Å². The van der Waals surface area contributed by atoms with Crippen molar-refractivity contribution in [3.63, 3.8) is 0 Å². The maximum Gasteiger partial charge on any atom is 0.309 e. The zero-order chi connectivity index (χ0) is 23.1. The maximum absolute atomic E-state index is 12.7. The molecule has 2 N–H and O–H groups in total. The molecule has 32 heavy (non-hydrogen) atoms. The molecule has 5 fully saturated rings. The lowest BCUT2D eigenvalue weighted by atomic mass is 9.36. The molecule has 0 amide bonds. The van der Waals surface area contributed by atoms with Crippen LogP contribution in [0.1, 0.15) is 105 Å². The lowest BCUT2D eigenvalue weighted by Gasteiger charge is -2.68. The number of aliphatic carboxylic acids is 1. The Bertz CT molecular complexity index is 819. The van der Waals surface area contributed by atoms with E-state index in [1.807, 2.05) is 6.92 Å². The van der Waals surface area contributed by atoms with E-state index in [2.05, 4.69) is 32.9 Å². The predicted octanol–water partition coefficient (Wildman–Crippen LogP) is 7.00. The minimum Gasteiger partial charge on any atom is -0.481 e. The van der Waals surface area contributed by atoms with Crippen LogP contribution in [0.5, 0.6) is 0 Å². The number of rotatable bonds is 2. The number of nitrogens with zero attached hydrogens (tertiary/aromatic N) is 1. The molecule has 5 rings (SSSR count). The van der Waals surface area contributed by atoms with Crippen LogP contribution in [0, 0.1) is 57.2 Å². The van der Waals surface area contributed by atoms with Gasteiger partial charge in [0.2, 0.25) is 0 Å². The number of hydrogen-bond donors (Lipinski definition) is 2. The standard InChI is InChI=1S/C28H45NO3/c1-17(29-32)18-9-15-28(24(30)31)16-10-20-19(23(18)28)7-8-22-26(20,4)14-11-21-25(2,3)12-6-13-27(21,22)5/h18-23,32H,6-16H2,1-5H3,(H,30,31)/b29-17-. The third-order valence-electron chi connectivity index (χ3n) is 12.4. The molecule has 5 aliphatic carbocycles. The Hall–Kier alpha value is -1.06. The summed E-state index contributed by atoms with van der Waals surface area (Å²) in [6, 6.07) is 0. The molecule has 9 unspecified atom stereocenters. The van der Waals surface area contributed by atoms with Crippen LogP contribution in [-0.4, -0.2) is 22.0 Å². The van der Waals surface area contributed by atoms with Gasteiger partial charge in [-0.15, -0.1) is 0 Å². The van der Waals surface area contributed by atoms with Gasteiger partial charge in [0.05, 0.1) is 11.1 Å². The van der Waals surface area contributed by atoms with Gasteiger partial charge in [-0.05, 0) is 117 Å². The second kappa shape index (κ2) is 7.22. The van der Waals surface area contributed by atoms with Crippen LogP contribution in [0.2, 0.25) is 0 Å². The maximum atomic E-state index is 12.7. The number of oxime groups is 1. The van der Waals surface area contributed by atoms with Crippen molar-refractivity contribution in [2.45, 2.75) is 105 Å². The second-order valence-corrected chi connectivity index (χ2v) is 13.8. The fraction of sp³-hybridized carbons (Fsp3) is 0.929. The first-order valence-electron chi connectivity index (χ1n) is 13.4. The molecule has 0 aliphatic heterocycles. The van der Waals surface area contributed by atoms with E-state index in [1.165, 1.54) is 44.9 Å². The highest BCUT2D eigenvalue weighted by Gasteiger charge is 2.67. The summed E-state index contributed by atoms with van der Waals surface area (Å²) in [6.07, 6.45) is 12.7. The van der Waals surface area contributed by atoms with Crippen molar-refractivity contribution in [1.29, 1.82) is 0 Å². The van der Waals surface area contributed by atoms with E-state index in [4.69, 9.17) is 0 Å². The summed E-state index contributed by atoms with van der Waals surface area (Å²) in [5, 5.41) is 23.6. The SMILES string of the molecule is C/C(=N/O)C1CCC2(C(=O)O)CCC3C(CCC4C3(C)CCC3C(C)(C)CCCC34C)C12. The highest BCUT2D eigenvalue weighted by atomic mass is 16.4. The van der Waals surface area contributed by atoms with E-state index in [0.717, 1.165) is 43.2 Å². The Balaban J connectivity index is 1.52. The second-order valence-electron chi connectivity index (χ2n) is 13.8. The zero-order valence-corrected chi connectivity index (χ0v) is 21.0. The molecule has 0 radical (unpaired) electrons. The predicted molar refractivity (Wildman–Crippen MR) is 127 cm³/mol. The average Bonchev–Trinajstić information content (AvgIpc) is 3.13. The molecule has 0 saturated heterocycles. The number of carbonyl (C=O) groups is 1. The summed E-state index contributed by atoms with van der Waals surface area (Å²) in [5.74, 6) is 2.34. The molecule has 4 nitrogen and oxygen atoms in total. The zero-order valence-electron chi connectivity index (χ0n) is 21.0. The Labute approximate surface area is 194 Å². The van der Waals surface area contributed by atoms with Gasteiger partial charge in [-0.1, -0.05) is 39.3 Å². The Morgan fingerprint density at radius 2 is 1.56 bits per heavy atom. The molecule has 5 saturated carbocycles. The minimum absolute atomic E-state index is 0.129. The van der Waals surface area contributed by atoms with Crippen LogP contribution in [-0.2, 0) is 4.79 Å². The molecule has 0 bridgehead atoms. The first-order chi connectivity index (χ1) is 15.0. The van der Waals surface area contributed by atoms with Crippen molar-refractivity contribution in [1.82, 2.24) is 0 Å². The average molecular weight is 444 g/mol. The van der Waals surface area contributed by atoms with Crippen molar-refractivity contribution in [2.24, 2.45) is 62.3 Å².